The monoisotopic (exact) mass is 656 g/mol. The van der Waals surface area contributed by atoms with E-state index in [1.54, 1.807) is 25.3 Å². The summed E-state index contributed by atoms with van der Waals surface area (Å²) in [6.45, 7) is 0.649. The highest BCUT2D eigenvalue weighted by Gasteiger charge is 2.34. The van der Waals surface area contributed by atoms with E-state index in [4.69, 9.17) is 14.2 Å². The number of aromatic nitrogens is 4. The number of tetrazole rings is 1. The van der Waals surface area contributed by atoms with Crippen molar-refractivity contribution >= 4 is 17.5 Å². The molecule has 12 heteroatoms. The number of nitrogens with one attached hydrogen (secondary N) is 1. The van der Waals surface area contributed by atoms with E-state index in [2.05, 4.69) is 20.7 Å². The van der Waals surface area contributed by atoms with Crippen LogP contribution in [-0.4, -0.2) is 65.5 Å². The molecule has 1 aliphatic carbocycles. The van der Waals surface area contributed by atoms with Crippen LogP contribution >= 0.6 is 0 Å². The lowest BCUT2D eigenvalue weighted by Crippen LogP contribution is -2.46. The number of benzene rings is 3. The fraction of sp³-hybridized carbons (Fsp3) is 0.417. The summed E-state index contributed by atoms with van der Waals surface area (Å²) in [7, 11) is 3.09. The molecule has 4 aromatic rings. The van der Waals surface area contributed by atoms with Gasteiger partial charge in [0.25, 0.3) is 5.91 Å². The van der Waals surface area contributed by atoms with Crippen molar-refractivity contribution in [3.63, 3.8) is 0 Å². The molecule has 0 unspecified atom stereocenters. The zero-order valence-corrected chi connectivity index (χ0v) is 27.3. The van der Waals surface area contributed by atoms with Crippen molar-refractivity contribution in [2.24, 2.45) is 0 Å². The number of hydrogen-bond donors (Lipinski definition) is 1. The Morgan fingerprint density at radius 2 is 1.71 bits per heavy atom. The van der Waals surface area contributed by atoms with Crippen LogP contribution in [0.4, 0.5) is 10.1 Å². The summed E-state index contributed by atoms with van der Waals surface area (Å²) in [6, 6.07) is 17.6. The van der Waals surface area contributed by atoms with Crippen LogP contribution in [0.5, 0.6) is 11.5 Å². The Hall–Kier alpha value is -4.84. The maximum atomic E-state index is 14.4. The van der Waals surface area contributed by atoms with Gasteiger partial charge in [0, 0.05) is 24.4 Å². The molecule has 1 aliphatic heterocycles. The predicted octanol–water partition coefficient (Wildman–Crippen LogP) is 5.61. The van der Waals surface area contributed by atoms with Gasteiger partial charge in [0.15, 0.2) is 11.5 Å². The first kappa shape index (κ1) is 33.1. The molecule has 1 N–H and O–H groups in total. The molecule has 6 rings (SSSR count). The van der Waals surface area contributed by atoms with Crippen LogP contribution in [0.25, 0.3) is 11.4 Å². The topological polar surface area (TPSA) is 121 Å². The Bertz CT molecular complexity index is 1680. The van der Waals surface area contributed by atoms with Gasteiger partial charge in [-0.05, 0) is 90.4 Å². The third-order valence-corrected chi connectivity index (χ3v) is 9.11. The van der Waals surface area contributed by atoms with E-state index < -0.39 is 23.7 Å². The maximum absolute atomic E-state index is 14.4. The number of ether oxygens (including phenoxy) is 3. The standard InChI is InChI=1S/C36H41FN6O5/c1-46-31-19-14-27(21-32(31)47-2)35-39-41-42(40-35)23-33(44)43(29-17-12-25(13-18-29)24-7-4-3-5-8-24)34(26-10-15-28(37)16-11-26)36(45)38-22-30-9-6-20-48-30/h10-19,21,24,30,34H,3-9,20,22-23H2,1-2H3,(H,38,45)/t30-,34+/m0/s1. The number of hydrogen-bond acceptors (Lipinski definition) is 8. The normalized spacial score (nSPS) is 17.1. The van der Waals surface area contributed by atoms with Crippen molar-refractivity contribution < 1.29 is 28.2 Å². The fourth-order valence-corrected chi connectivity index (χ4v) is 6.56. The van der Waals surface area contributed by atoms with Gasteiger partial charge in [0.1, 0.15) is 18.4 Å². The molecule has 2 amide bonds. The first-order chi connectivity index (χ1) is 23.4. The highest BCUT2D eigenvalue weighted by Crippen LogP contribution is 2.35. The Balaban J connectivity index is 1.33. The molecule has 2 fully saturated rings. The zero-order chi connectivity index (χ0) is 33.5. The number of nitrogens with zero attached hydrogens (tertiary/aromatic N) is 5. The smallest absolute Gasteiger partial charge is 0.251 e. The fourth-order valence-electron chi connectivity index (χ4n) is 6.56. The number of carbonyl (C=O) groups excluding carboxylic acids is 2. The second-order valence-corrected chi connectivity index (χ2v) is 12.2. The second kappa shape index (κ2) is 15.4. The van der Waals surface area contributed by atoms with Gasteiger partial charge in [0.05, 0.1) is 20.3 Å². The minimum absolute atomic E-state index is 0.101. The number of halogens is 1. The van der Waals surface area contributed by atoms with Gasteiger partial charge in [-0.3, -0.25) is 14.5 Å². The minimum atomic E-state index is -1.10. The van der Waals surface area contributed by atoms with Crippen molar-refractivity contribution in [2.45, 2.75) is 69.6 Å². The molecular weight excluding hydrogens is 615 g/mol. The first-order valence-corrected chi connectivity index (χ1v) is 16.5. The molecule has 2 atom stereocenters. The molecule has 48 heavy (non-hydrogen) atoms. The van der Waals surface area contributed by atoms with Crippen molar-refractivity contribution in [1.82, 2.24) is 25.5 Å². The van der Waals surface area contributed by atoms with Gasteiger partial charge >= 0.3 is 0 Å². The first-order valence-electron chi connectivity index (χ1n) is 16.5. The molecular formula is C36H41FN6O5. The average Bonchev–Trinajstić information content (AvgIpc) is 3.83. The van der Waals surface area contributed by atoms with Crippen molar-refractivity contribution in [3.8, 4) is 22.9 Å². The lowest BCUT2D eigenvalue weighted by molar-refractivity contribution is -0.127. The lowest BCUT2D eigenvalue weighted by atomic mass is 9.84. The summed E-state index contributed by atoms with van der Waals surface area (Å²) in [5.74, 6) is 0.518. The Labute approximate surface area is 279 Å². The molecule has 0 radical (unpaired) electrons. The van der Waals surface area contributed by atoms with Crippen LogP contribution in [0.2, 0.25) is 0 Å². The summed E-state index contributed by atoms with van der Waals surface area (Å²) >= 11 is 0. The Kier molecular flexibility index (Phi) is 10.6. The quantitative estimate of drug-likeness (QED) is 0.209. The Morgan fingerprint density at radius 1 is 0.958 bits per heavy atom. The van der Waals surface area contributed by atoms with Crippen LogP contribution in [-0.2, 0) is 20.9 Å². The molecule has 1 saturated carbocycles. The van der Waals surface area contributed by atoms with Crippen LogP contribution in [0.1, 0.15) is 68.0 Å². The molecule has 1 aromatic heterocycles. The van der Waals surface area contributed by atoms with E-state index >= 15 is 0 Å². The molecule has 11 nitrogen and oxygen atoms in total. The van der Waals surface area contributed by atoms with Crippen LogP contribution in [0.3, 0.4) is 0 Å². The molecule has 0 spiro atoms. The SMILES string of the molecule is COc1ccc(-c2nnn(CC(=O)N(c3ccc(C4CCCCC4)cc3)[C@@H](C(=O)NC[C@@H]3CCCO3)c3ccc(F)cc3)n2)cc1OC. The van der Waals surface area contributed by atoms with Crippen LogP contribution < -0.4 is 19.7 Å². The highest BCUT2D eigenvalue weighted by atomic mass is 19.1. The van der Waals surface area contributed by atoms with Gasteiger partial charge in [-0.2, -0.15) is 4.80 Å². The van der Waals surface area contributed by atoms with Gasteiger partial charge in [-0.1, -0.05) is 43.5 Å². The predicted molar refractivity (Wildman–Crippen MR) is 177 cm³/mol. The lowest BCUT2D eigenvalue weighted by Gasteiger charge is -2.32. The molecule has 2 aliphatic rings. The van der Waals surface area contributed by atoms with Crippen LogP contribution in [0, 0.1) is 5.82 Å². The second-order valence-electron chi connectivity index (χ2n) is 12.2. The molecule has 1 saturated heterocycles. The van der Waals surface area contributed by atoms with Crippen LogP contribution in [0.15, 0.2) is 66.7 Å². The van der Waals surface area contributed by atoms with Gasteiger partial charge in [-0.15, -0.1) is 10.2 Å². The number of amides is 2. The number of rotatable bonds is 12. The third-order valence-electron chi connectivity index (χ3n) is 9.11. The zero-order valence-electron chi connectivity index (χ0n) is 27.3. The van der Waals surface area contributed by atoms with Gasteiger partial charge in [-0.25, -0.2) is 4.39 Å². The van der Waals surface area contributed by atoms with E-state index in [1.807, 2.05) is 24.3 Å². The molecule has 252 valence electrons. The molecule has 0 bridgehead atoms. The highest BCUT2D eigenvalue weighted by molar-refractivity contribution is 6.01. The summed E-state index contributed by atoms with van der Waals surface area (Å²) in [4.78, 5) is 31.0. The van der Waals surface area contributed by atoms with Gasteiger partial charge < -0.3 is 19.5 Å². The number of carbonyl (C=O) groups is 2. The van der Waals surface area contributed by atoms with Crippen molar-refractivity contribution in [2.75, 3.05) is 32.3 Å². The number of methoxy groups -OCH3 is 2. The molecule has 3 aromatic carbocycles. The summed E-state index contributed by atoms with van der Waals surface area (Å²) in [5, 5.41) is 15.8. The minimum Gasteiger partial charge on any atom is -0.493 e. The Morgan fingerprint density at radius 3 is 2.40 bits per heavy atom. The van der Waals surface area contributed by atoms with Crippen molar-refractivity contribution in [3.05, 3.63) is 83.7 Å². The largest absolute Gasteiger partial charge is 0.493 e. The maximum Gasteiger partial charge on any atom is 0.251 e. The van der Waals surface area contributed by atoms with E-state index in [1.165, 1.54) is 65.9 Å². The summed E-state index contributed by atoms with van der Waals surface area (Å²) in [5.41, 5.74) is 2.83. The van der Waals surface area contributed by atoms with E-state index in [0.29, 0.717) is 47.4 Å². The summed E-state index contributed by atoms with van der Waals surface area (Å²) < 4.78 is 30.6. The van der Waals surface area contributed by atoms with E-state index in [-0.39, 0.29) is 18.5 Å². The average molecular weight is 657 g/mol. The van der Waals surface area contributed by atoms with E-state index in [9.17, 15) is 14.0 Å². The summed E-state index contributed by atoms with van der Waals surface area (Å²) in [6.07, 6.45) is 7.58. The van der Waals surface area contributed by atoms with Crippen molar-refractivity contribution in [1.29, 1.82) is 0 Å². The third kappa shape index (κ3) is 7.65. The van der Waals surface area contributed by atoms with Gasteiger partial charge in [0.2, 0.25) is 11.7 Å². The van der Waals surface area contributed by atoms with E-state index in [0.717, 1.165) is 25.7 Å². The number of anilines is 1. The molecule has 2 heterocycles.